The Balaban J connectivity index is 2.05. The predicted octanol–water partition coefficient (Wildman–Crippen LogP) is 0.233. The van der Waals surface area contributed by atoms with Gasteiger partial charge in [0.2, 0.25) is 0 Å². The zero-order valence-corrected chi connectivity index (χ0v) is 11.8. The van der Waals surface area contributed by atoms with Crippen LogP contribution in [0.5, 0.6) is 0 Å². The molecule has 3 aliphatic rings. The van der Waals surface area contributed by atoms with E-state index in [1.807, 2.05) is 6.92 Å². The third-order valence-electron chi connectivity index (χ3n) is 5.89. The van der Waals surface area contributed by atoms with Crippen LogP contribution in [0, 0.1) is 23.2 Å². The van der Waals surface area contributed by atoms with Crippen LogP contribution in [0.1, 0.15) is 26.7 Å². The standard InChI is InChI=1S/C15H22O5/c1-6-4-10-11(7(2)14(19)20-10)13(18)15(3)8(6)5-9(16)12(15)17/h6,8-13,16-18H,2,4-5H2,1,3H3/t6-,8+,9-,10+,11-,12+,13-,15+/m1/s1. The van der Waals surface area contributed by atoms with Crippen LogP contribution in [0.4, 0.5) is 0 Å². The van der Waals surface area contributed by atoms with Crippen LogP contribution in [0.3, 0.4) is 0 Å². The second kappa shape index (κ2) is 4.29. The van der Waals surface area contributed by atoms with Gasteiger partial charge in [-0.15, -0.1) is 0 Å². The summed E-state index contributed by atoms with van der Waals surface area (Å²) in [6, 6.07) is 0. The maximum absolute atomic E-state index is 11.7. The molecule has 1 saturated heterocycles. The summed E-state index contributed by atoms with van der Waals surface area (Å²) >= 11 is 0. The fourth-order valence-electron chi connectivity index (χ4n) is 4.67. The summed E-state index contributed by atoms with van der Waals surface area (Å²) in [5, 5.41) is 31.2. The Hall–Kier alpha value is -0.910. The normalized spacial score (nSPS) is 55.1. The van der Waals surface area contributed by atoms with Crippen LogP contribution in [0.25, 0.3) is 0 Å². The Kier molecular flexibility index (Phi) is 3.01. The highest BCUT2D eigenvalue weighted by molar-refractivity contribution is 5.91. The molecule has 20 heavy (non-hydrogen) atoms. The number of hydrogen-bond acceptors (Lipinski definition) is 5. The van der Waals surface area contributed by atoms with Crippen molar-refractivity contribution in [3.05, 3.63) is 12.2 Å². The number of aliphatic hydroxyl groups excluding tert-OH is 3. The molecule has 0 bridgehead atoms. The van der Waals surface area contributed by atoms with E-state index >= 15 is 0 Å². The maximum atomic E-state index is 11.7. The minimum absolute atomic E-state index is 0.000368. The van der Waals surface area contributed by atoms with E-state index in [1.54, 1.807) is 6.92 Å². The molecule has 0 aromatic heterocycles. The molecule has 0 aromatic carbocycles. The topological polar surface area (TPSA) is 87.0 Å². The average molecular weight is 282 g/mol. The molecule has 1 aliphatic heterocycles. The molecule has 0 radical (unpaired) electrons. The van der Waals surface area contributed by atoms with Crippen molar-refractivity contribution in [3.63, 3.8) is 0 Å². The lowest BCUT2D eigenvalue weighted by atomic mass is 9.67. The largest absolute Gasteiger partial charge is 0.458 e. The van der Waals surface area contributed by atoms with Gasteiger partial charge in [-0.25, -0.2) is 4.79 Å². The van der Waals surface area contributed by atoms with Crippen LogP contribution >= 0.6 is 0 Å². The van der Waals surface area contributed by atoms with Crippen molar-refractivity contribution in [1.29, 1.82) is 0 Å². The molecule has 3 N–H and O–H groups in total. The Bertz CT molecular complexity index is 461. The first-order valence-electron chi connectivity index (χ1n) is 7.22. The van der Waals surface area contributed by atoms with Gasteiger partial charge in [0, 0.05) is 11.0 Å². The van der Waals surface area contributed by atoms with Gasteiger partial charge in [0.05, 0.1) is 24.2 Å². The molecule has 3 rings (SSSR count). The Morgan fingerprint density at radius 3 is 2.55 bits per heavy atom. The molecule has 3 fully saturated rings. The van der Waals surface area contributed by atoms with Crippen LogP contribution < -0.4 is 0 Å². The zero-order chi connectivity index (χ0) is 14.8. The minimum Gasteiger partial charge on any atom is -0.458 e. The third-order valence-corrected chi connectivity index (χ3v) is 5.89. The number of carbonyl (C=O) groups is 1. The first-order chi connectivity index (χ1) is 9.28. The van der Waals surface area contributed by atoms with E-state index in [9.17, 15) is 20.1 Å². The summed E-state index contributed by atoms with van der Waals surface area (Å²) < 4.78 is 5.33. The maximum Gasteiger partial charge on any atom is 0.334 e. The Morgan fingerprint density at radius 2 is 1.90 bits per heavy atom. The lowest BCUT2D eigenvalue weighted by Gasteiger charge is -2.41. The predicted molar refractivity (Wildman–Crippen MR) is 70.5 cm³/mol. The highest BCUT2D eigenvalue weighted by atomic mass is 16.6. The number of carbonyl (C=O) groups excluding carboxylic acids is 1. The SMILES string of the molecule is C=C1C(=O)O[C@H]2C[C@@H](C)[C@@H]3C[C@@H](O)[C@H](O)[C@@]3(C)[C@H](O)[C@H]12. The zero-order valence-electron chi connectivity index (χ0n) is 11.8. The van der Waals surface area contributed by atoms with Crippen molar-refractivity contribution >= 4 is 5.97 Å². The molecule has 0 spiro atoms. The van der Waals surface area contributed by atoms with Gasteiger partial charge < -0.3 is 20.1 Å². The molecule has 112 valence electrons. The monoisotopic (exact) mass is 282 g/mol. The molecule has 1 heterocycles. The minimum atomic E-state index is -0.993. The van der Waals surface area contributed by atoms with E-state index in [-0.39, 0.29) is 23.5 Å². The number of ether oxygens (including phenoxy) is 1. The molecule has 8 atom stereocenters. The van der Waals surface area contributed by atoms with Crippen molar-refractivity contribution in [2.75, 3.05) is 0 Å². The van der Waals surface area contributed by atoms with Crippen LogP contribution in [0.2, 0.25) is 0 Å². The van der Waals surface area contributed by atoms with E-state index in [0.29, 0.717) is 12.8 Å². The number of rotatable bonds is 0. The summed E-state index contributed by atoms with van der Waals surface area (Å²) in [5.41, 5.74) is -0.556. The van der Waals surface area contributed by atoms with Gasteiger partial charge in [0.15, 0.2) is 0 Å². The van der Waals surface area contributed by atoms with E-state index in [1.165, 1.54) is 0 Å². The van der Waals surface area contributed by atoms with Crippen LogP contribution in [-0.2, 0) is 9.53 Å². The summed E-state index contributed by atoms with van der Waals surface area (Å²) in [6.07, 6.45) is -2.03. The van der Waals surface area contributed by atoms with E-state index < -0.39 is 35.6 Å². The van der Waals surface area contributed by atoms with Crippen molar-refractivity contribution in [1.82, 2.24) is 0 Å². The van der Waals surface area contributed by atoms with E-state index in [2.05, 4.69) is 6.58 Å². The molecule has 0 aromatic rings. The van der Waals surface area contributed by atoms with Crippen molar-refractivity contribution in [2.24, 2.45) is 23.2 Å². The molecular weight excluding hydrogens is 260 g/mol. The van der Waals surface area contributed by atoms with Gasteiger partial charge in [-0.2, -0.15) is 0 Å². The van der Waals surface area contributed by atoms with E-state index in [4.69, 9.17) is 4.74 Å². The summed E-state index contributed by atoms with van der Waals surface area (Å²) in [4.78, 5) is 11.7. The van der Waals surface area contributed by atoms with Crippen molar-refractivity contribution in [2.45, 2.75) is 51.1 Å². The van der Waals surface area contributed by atoms with Gasteiger partial charge in [-0.05, 0) is 24.7 Å². The van der Waals surface area contributed by atoms with Crippen molar-refractivity contribution in [3.8, 4) is 0 Å². The van der Waals surface area contributed by atoms with Crippen LogP contribution in [0.15, 0.2) is 12.2 Å². The number of fused-ring (bicyclic) bond motifs is 2. The van der Waals surface area contributed by atoms with Gasteiger partial charge in [-0.1, -0.05) is 20.4 Å². The summed E-state index contributed by atoms with van der Waals surface area (Å²) in [6.45, 7) is 7.58. The molecule has 5 nitrogen and oxygen atoms in total. The fourth-order valence-corrected chi connectivity index (χ4v) is 4.67. The number of esters is 1. The van der Waals surface area contributed by atoms with Gasteiger partial charge in [-0.3, -0.25) is 0 Å². The highest BCUT2D eigenvalue weighted by Crippen LogP contribution is 2.56. The molecular formula is C15H22O5. The Labute approximate surface area is 118 Å². The lowest BCUT2D eigenvalue weighted by Crippen LogP contribution is -2.49. The van der Waals surface area contributed by atoms with Gasteiger partial charge in [0.1, 0.15) is 6.10 Å². The molecule has 2 saturated carbocycles. The van der Waals surface area contributed by atoms with Crippen LogP contribution in [-0.4, -0.2) is 45.7 Å². The molecule has 2 aliphatic carbocycles. The highest BCUT2D eigenvalue weighted by Gasteiger charge is 2.63. The first kappa shape index (κ1) is 14.0. The van der Waals surface area contributed by atoms with Gasteiger partial charge >= 0.3 is 5.97 Å². The van der Waals surface area contributed by atoms with Crippen molar-refractivity contribution < 1.29 is 24.9 Å². The van der Waals surface area contributed by atoms with Gasteiger partial charge in [0.25, 0.3) is 0 Å². The Morgan fingerprint density at radius 1 is 1.25 bits per heavy atom. The molecule has 0 amide bonds. The second-order valence-electron chi connectivity index (χ2n) is 6.87. The summed E-state index contributed by atoms with van der Waals surface area (Å²) in [5.74, 6) is -0.795. The average Bonchev–Trinajstić information content (AvgIpc) is 2.76. The van der Waals surface area contributed by atoms with E-state index in [0.717, 1.165) is 0 Å². The quantitative estimate of drug-likeness (QED) is 0.437. The molecule has 5 heteroatoms. The first-order valence-corrected chi connectivity index (χ1v) is 7.22. The lowest BCUT2D eigenvalue weighted by molar-refractivity contribution is -0.140. The molecule has 0 unspecified atom stereocenters. The summed E-state index contributed by atoms with van der Waals surface area (Å²) in [7, 11) is 0. The smallest absolute Gasteiger partial charge is 0.334 e. The number of hydrogen-bond donors (Lipinski definition) is 3. The number of aliphatic hydroxyl groups is 3. The second-order valence-corrected chi connectivity index (χ2v) is 6.87. The fraction of sp³-hybridized carbons (Fsp3) is 0.800. The third kappa shape index (κ3) is 1.57.